The number of rotatable bonds is 5. The van der Waals surface area contributed by atoms with Crippen LogP contribution in [0.4, 0.5) is 11.4 Å². The summed E-state index contributed by atoms with van der Waals surface area (Å²) in [5.41, 5.74) is 0.802. The molecule has 0 aromatic heterocycles. The number of benzene rings is 1. The van der Waals surface area contributed by atoms with Gasteiger partial charge in [0.2, 0.25) is 0 Å². The van der Waals surface area contributed by atoms with E-state index in [1.165, 1.54) is 13.2 Å². The second kappa shape index (κ2) is 7.03. The van der Waals surface area contributed by atoms with Crippen LogP contribution in [-0.4, -0.2) is 55.6 Å². The van der Waals surface area contributed by atoms with Crippen LogP contribution in [0.25, 0.3) is 0 Å². The fourth-order valence-corrected chi connectivity index (χ4v) is 2.45. The summed E-state index contributed by atoms with van der Waals surface area (Å²) >= 11 is 0. The number of ether oxygens (including phenoxy) is 1. The van der Waals surface area contributed by atoms with Crippen molar-refractivity contribution in [1.82, 2.24) is 4.90 Å². The molecule has 0 N–H and O–H groups in total. The van der Waals surface area contributed by atoms with E-state index in [0.29, 0.717) is 31.7 Å². The zero-order valence-corrected chi connectivity index (χ0v) is 12.0. The van der Waals surface area contributed by atoms with Crippen molar-refractivity contribution >= 4 is 17.3 Å². The molecule has 114 valence electrons. The summed E-state index contributed by atoms with van der Waals surface area (Å²) in [4.78, 5) is 26.0. The molecular weight excluding hydrogens is 274 g/mol. The maximum atomic E-state index is 11.1. The first-order valence-corrected chi connectivity index (χ1v) is 6.89. The predicted molar refractivity (Wildman–Crippen MR) is 78.4 cm³/mol. The van der Waals surface area contributed by atoms with Crippen LogP contribution in [-0.2, 0) is 9.53 Å². The van der Waals surface area contributed by atoms with Crippen molar-refractivity contribution in [2.24, 2.45) is 0 Å². The second-order valence-electron chi connectivity index (χ2n) is 4.90. The highest BCUT2D eigenvalue weighted by Gasteiger charge is 2.23. The number of carbonyl (C=O) groups is 1. The molecule has 2 rings (SSSR count). The summed E-state index contributed by atoms with van der Waals surface area (Å²) in [5.74, 6) is -0.212. The third-order valence-corrected chi connectivity index (χ3v) is 3.65. The first kappa shape index (κ1) is 15.2. The van der Waals surface area contributed by atoms with Crippen molar-refractivity contribution < 1.29 is 14.5 Å². The molecule has 1 saturated heterocycles. The molecule has 0 radical (unpaired) electrons. The molecule has 0 saturated carbocycles. The van der Waals surface area contributed by atoms with Crippen LogP contribution in [0.5, 0.6) is 0 Å². The Labute approximate surface area is 123 Å². The quantitative estimate of drug-likeness (QED) is 0.462. The Morgan fingerprint density at radius 1 is 1.29 bits per heavy atom. The fourth-order valence-electron chi connectivity index (χ4n) is 2.45. The van der Waals surface area contributed by atoms with Crippen LogP contribution < -0.4 is 4.90 Å². The minimum atomic E-state index is -0.348. The van der Waals surface area contributed by atoms with Gasteiger partial charge in [0, 0.05) is 38.8 Å². The number of carbonyl (C=O) groups excluding carboxylic acids is 1. The first-order chi connectivity index (χ1) is 10.1. The van der Waals surface area contributed by atoms with Crippen LogP contribution in [0.2, 0.25) is 0 Å². The lowest BCUT2D eigenvalue weighted by Crippen LogP contribution is -2.47. The summed E-state index contributed by atoms with van der Waals surface area (Å²) in [7, 11) is 1.38. The lowest BCUT2D eigenvalue weighted by molar-refractivity contribution is -0.384. The van der Waals surface area contributed by atoms with E-state index in [0.717, 1.165) is 13.1 Å². The van der Waals surface area contributed by atoms with Gasteiger partial charge >= 0.3 is 5.97 Å². The Bertz CT molecular complexity index is 513. The molecular formula is C14H19N3O4. The molecule has 1 aromatic carbocycles. The number of nitro benzene ring substituents is 1. The van der Waals surface area contributed by atoms with E-state index < -0.39 is 0 Å². The van der Waals surface area contributed by atoms with Crippen LogP contribution in [0.15, 0.2) is 24.3 Å². The van der Waals surface area contributed by atoms with Gasteiger partial charge in [-0.15, -0.1) is 0 Å². The smallest absolute Gasteiger partial charge is 0.306 e. The van der Waals surface area contributed by atoms with E-state index in [2.05, 4.69) is 9.64 Å². The molecule has 1 heterocycles. The zero-order chi connectivity index (χ0) is 15.2. The fraction of sp³-hybridized carbons (Fsp3) is 0.500. The number of anilines is 1. The number of methoxy groups -OCH3 is 1. The number of esters is 1. The molecule has 1 fully saturated rings. The zero-order valence-electron chi connectivity index (χ0n) is 12.0. The molecule has 1 aliphatic rings. The number of hydrogen-bond donors (Lipinski definition) is 0. The number of nitrogens with zero attached hydrogens (tertiary/aromatic N) is 3. The lowest BCUT2D eigenvalue weighted by Gasteiger charge is -2.35. The molecule has 1 aliphatic heterocycles. The van der Waals surface area contributed by atoms with Gasteiger partial charge in [-0.05, 0) is 6.07 Å². The van der Waals surface area contributed by atoms with Gasteiger partial charge in [-0.3, -0.25) is 19.8 Å². The van der Waals surface area contributed by atoms with Crippen molar-refractivity contribution in [1.29, 1.82) is 0 Å². The number of piperazine rings is 1. The highest BCUT2D eigenvalue weighted by Crippen LogP contribution is 2.28. The van der Waals surface area contributed by atoms with Gasteiger partial charge < -0.3 is 9.64 Å². The van der Waals surface area contributed by atoms with Crippen LogP contribution in [0.1, 0.15) is 6.42 Å². The van der Waals surface area contributed by atoms with Gasteiger partial charge in [-0.25, -0.2) is 0 Å². The van der Waals surface area contributed by atoms with Gasteiger partial charge in [-0.2, -0.15) is 0 Å². The Hall–Kier alpha value is -2.15. The van der Waals surface area contributed by atoms with Crippen LogP contribution in [0.3, 0.4) is 0 Å². The predicted octanol–water partition coefficient (Wildman–Crippen LogP) is 1.28. The van der Waals surface area contributed by atoms with E-state index in [1.807, 2.05) is 11.0 Å². The molecule has 7 heteroatoms. The highest BCUT2D eigenvalue weighted by molar-refractivity contribution is 5.69. The van der Waals surface area contributed by atoms with Crippen molar-refractivity contribution in [2.75, 3.05) is 44.7 Å². The van der Waals surface area contributed by atoms with E-state index >= 15 is 0 Å². The van der Waals surface area contributed by atoms with Crippen LogP contribution in [0, 0.1) is 10.1 Å². The maximum Gasteiger partial charge on any atom is 0.306 e. The van der Waals surface area contributed by atoms with E-state index in [-0.39, 0.29) is 16.6 Å². The van der Waals surface area contributed by atoms with Gasteiger partial charge in [0.25, 0.3) is 5.69 Å². The molecule has 0 unspecified atom stereocenters. The molecule has 0 amide bonds. The Balaban J connectivity index is 1.92. The standard InChI is InChI=1S/C14H19N3O4/c1-21-14(18)6-7-15-8-10-16(11-9-15)12-4-2-3-5-13(12)17(19)20/h2-5H,6-11H2,1H3. The summed E-state index contributed by atoms with van der Waals surface area (Å²) < 4.78 is 4.62. The summed E-state index contributed by atoms with van der Waals surface area (Å²) in [5, 5.41) is 11.1. The Morgan fingerprint density at radius 3 is 2.57 bits per heavy atom. The number of nitro groups is 1. The molecule has 0 bridgehead atoms. The van der Waals surface area contributed by atoms with E-state index in [9.17, 15) is 14.9 Å². The third kappa shape index (κ3) is 3.91. The molecule has 0 spiro atoms. The monoisotopic (exact) mass is 293 g/mol. The molecule has 1 aromatic rings. The Morgan fingerprint density at radius 2 is 1.95 bits per heavy atom. The largest absolute Gasteiger partial charge is 0.469 e. The molecule has 21 heavy (non-hydrogen) atoms. The van der Waals surface area contributed by atoms with Gasteiger partial charge in [0.05, 0.1) is 18.5 Å². The summed E-state index contributed by atoms with van der Waals surface area (Å²) in [6.45, 7) is 3.65. The minimum absolute atomic E-state index is 0.139. The van der Waals surface area contributed by atoms with Crippen molar-refractivity contribution in [3.8, 4) is 0 Å². The topological polar surface area (TPSA) is 75.9 Å². The van der Waals surface area contributed by atoms with Crippen molar-refractivity contribution in [3.63, 3.8) is 0 Å². The van der Waals surface area contributed by atoms with E-state index in [4.69, 9.17) is 0 Å². The van der Waals surface area contributed by atoms with Gasteiger partial charge in [-0.1, -0.05) is 12.1 Å². The molecule has 0 atom stereocenters. The summed E-state index contributed by atoms with van der Waals surface area (Å²) in [6, 6.07) is 6.79. The lowest BCUT2D eigenvalue weighted by atomic mass is 10.2. The second-order valence-corrected chi connectivity index (χ2v) is 4.90. The van der Waals surface area contributed by atoms with Gasteiger partial charge in [0.15, 0.2) is 0 Å². The minimum Gasteiger partial charge on any atom is -0.469 e. The Kier molecular flexibility index (Phi) is 5.10. The molecule has 0 aliphatic carbocycles. The SMILES string of the molecule is COC(=O)CCN1CCN(c2ccccc2[N+](=O)[O-])CC1. The number of para-hydroxylation sites is 2. The molecule has 7 nitrogen and oxygen atoms in total. The summed E-state index contributed by atoms with van der Waals surface area (Å²) in [6.07, 6.45) is 0.377. The van der Waals surface area contributed by atoms with Crippen LogP contribution >= 0.6 is 0 Å². The maximum absolute atomic E-state index is 11.1. The average Bonchev–Trinajstić information content (AvgIpc) is 2.53. The van der Waals surface area contributed by atoms with Gasteiger partial charge in [0.1, 0.15) is 5.69 Å². The first-order valence-electron chi connectivity index (χ1n) is 6.89. The number of hydrogen-bond acceptors (Lipinski definition) is 6. The average molecular weight is 293 g/mol. The third-order valence-electron chi connectivity index (χ3n) is 3.65. The van der Waals surface area contributed by atoms with Crippen molar-refractivity contribution in [3.05, 3.63) is 34.4 Å². The van der Waals surface area contributed by atoms with Crippen molar-refractivity contribution in [2.45, 2.75) is 6.42 Å². The normalized spacial score (nSPS) is 15.8. The highest BCUT2D eigenvalue weighted by atomic mass is 16.6. The van der Waals surface area contributed by atoms with E-state index in [1.54, 1.807) is 12.1 Å².